The second-order valence-corrected chi connectivity index (χ2v) is 6.98. The summed E-state index contributed by atoms with van der Waals surface area (Å²) in [7, 11) is 0. The molecule has 26 heavy (non-hydrogen) atoms. The van der Waals surface area contributed by atoms with Crippen LogP contribution >= 0.6 is 22.9 Å². The fourth-order valence-electron chi connectivity index (χ4n) is 2.57. The van der Waals surface area contributed by atoms with Crippen LogP contribution < -0.4 is 10.6 Å². The van der Waals surface area contributed by atoms with Crippen LogP contribution in [-0.4, -0.2) is 12.5 Å². The molecule has 4 nitrogen and oxygen atoms in total. The highest BCUT2D eigenvalue weighted by molar-refractivity contribution is 7.10. The van der Waals surface area contributed by atoms with E-state index in [4.69, 9.17) is 16.9 Å². The van der Waals surface area contributed by atoms with Crippen LogP contribution in [0, 0.1) is 11.3 Å². The minimum atomic E-state index is -0.178. The summed E-state index contributed by atoms with van der Waals surface area (Å²) in [4.78, 5) is 13.4. The zero-order chi connectivity index (χ0) is 18.4. The minimum absolute atomic E-state index is 0.0495. The Morgan fingerprint density at radius 3 is 2.62 bits per heavy atom. The summed E-state index contributed by atoms with van der Waals surface area (Å²) in [5, 5.41) is 17.3. The van der Waals surface area contributed by atoms with Gasteiger partial charge in [0.15, 0.2) is 0 Å². The molecule has 0 aliphatic carbocycles. The topological polar surface area (TPSA) is 64.9 Å². The number of nitrogens with one attached hydrogen (secondary N) is 2. The van der Waals surface area contributed by atoms with Crippen LogP contribution in [0.3, 0.4) is 0 Å². The number of benzene rings is 2. The molecule has 2 N–H and O–H groups in total. The number of halogens is 1. The van der Waals surface area contributed by atoms with Crippen molar-refractivity contribution in [1.29, 1.82) is 5.26 Å². The molecule has 3 rings (SSSR count). The molecular weight excluding hydrogens is 366 g/mol. The quantitative estimate of drug-likeness (QED) is 0.656. The molecule has 6 heteroatoms. The first kappa shape index (κ1) is 18.2. The number of nitrogens with zero attached hydrogens (tertiary/aromatic N) is 1. The molecule has 2 aromatic carbocycles. The van der Waals surface area contributed by atoms with E-state index in [1.165, 1.54) is 0 Å². The van der Waals surface area contributed by atoms with Crippen LogP contribution in [0.2, 0.25) is 5.02 Å². The van der Waals surface area contributed by atoms with Crippen molar-refractivity contribution in [2.75, 3.05) is 11.9 Å². The number of anilines is 1. The number of rotatable bonds is 6. The average molecular weight is 382 g/mol. The highest BCUT2D eigenvalue weighted by Crippen LogP contribution is 2.26. The van der Waals surface area contributed by atoms with E-state index in [0.717, 1.165) is 10.4 Å². The highest BCUT2D eigenvalue weighted by Gasteiger charge is 2.16. The molecule has 0 aliphatic rings. The van der Waals surface area contributed by atoms with Crippen LogP contribution in [-0.2, 0) is 4.79 Å². The van der Waals surface area contributed by atoms with E-state index >= 15 is 0 Å². The lowest BCUT2D eigenvalue weighted by atomic mass is 10.1. The van der Waals surface area contributed by atoms with Crippen molar-refractivity contribution in [2.24, 2.45) is 0 Å². The Bertz CT molecular complexity index is 920. The van der Waals surface area contributed by atoms with Gasteiger partial charge in [0.1, 0.15) is 6.07 Å². The maximum atomic E-state index is 12.3. The minimum Gasteiger partial charge on any atom is -0.325 e. The van der Waals surface area contributed by atoms with Gasteiger partial charge in [-0.15, -0.1) is 11.3 Å². The summed E-state index contributed by atoms with van der Waals surface area (Å²) in [5.41, 5.74) is 2.04. The third-order valence-electron chi connectivity index (χ3n) is 3.80. The van der Waals surface area contributed by atoms with Crippen LogP contribution in [0.4, 0.5) is 5.69 Å². The van der Waals surface area contributed by atoms with Crippen molar-refractivity contribution >= 4 is 34.5 Å². The van der Waals surface area contributed by atoms with Crippen LogP contribution in [0.1, 0.15) is 22.0 Å². The van der Waals surface area contributed by atoms with Gasteiger partial charge in [-0.05, 0) is 35.2 Å². The van der Waals surface area contributed by atoms with Crippen LogP contribution in [0.15, 0.2) is 66.0 Å². The van der Waals surface area contributed by atoms with E-state index in [0.29, 0.717) is 16.3 Å². The lowest BCUT2D eigenvalue weighted by Gasteiger charge is -2.18. The molecule has 0 saturated carbocycles. The number of thiophene rings is 1. The summed E-state index contributed by atoms with van der Waals surface area (Å²) in [5.74, 6) is -0.178. The molecule has 130 valence electrons. The number of carbonyl (C=O) groups is 1. The van der Waals surface area contributed by atoms with Gasteiger partial charge >= 0.3 is 0 Å². The van der Waals surface area contributed by atoms with E-state index in [2.05, 4.69) is 10.6 Å². The van der Waals surface area contributed by atoms with Gasteiger partial charge in [-0.2, -0.15) is 5.26 Å². The Morgan fingerprint density at radius 2 is 1.96 bits per heavy atom. The first-order valence-electron chi connectivity index (χ1n) is 7.98. The summed E-state index contributed by atoms with van der Waals surface area (Å²) in [6.07, 6.45) is 0. The number of nitriles is 1. The number of carbonyl (C=O) groups excluding carboxylic acids is 1. The molecule has 1 atom stereocenters. The standard InChI is InChI=1S/C20H16ClN3OS/c21-17-11-16(9-8-15(17)12-22)24-19(25)13-23-20(18-7-4-10-26-18)14-5-2-1-3-6-14/h1-11,20,23H,13H2,(H,24,25)/t20-/m1/s1. The first-order chi connectivity index (χ1) is 12.7. The lowest BCUT2D eigenvalue weighted by Crippen LogP contribution is -2.31. The Kier molecular flexibility index (Phi) is 6.03. The molecule has 0 unspecified atom stereocenters. The van der Waals surface area contributed by atoms with Crippen LogP contribution in [0.5, 0.6) is 0 Å². The molecule has 1 aromatic heterocycles. The molecule has 1 heterocycles. The van der Waals surface area contributed by atoms with Crippen molar-refractivity contribution in [3.63, 3.8) is 0 Å². The zero-order valence-corrected chi connectivity index (χ0v) is 15.3. The molecule has 0 spiro atoms. The van der Waals surface area contributed by atoms with E-state index in [9.17, 15) is 4.79 Å². The van der Waals surface area contributed by atoms with Crippen molar-refractivity contribution in [1.82, 2.24) is 5.32 Å². The van der Waals surface area contributed by atoms with E-state index in [-0.39, 0.29) is 18.5 Å². The van der Waals surface area contributed by atoms with Gasteiger partial charge in [-0.3, -0.25) is 10.1 Å². The Morgan fingerprint density at radius 1 is 1.15 bits per heavy atom. The summed E-state index contributed by atoms with van der Waals surface area (Å²) < 4.78 is 0. The van der Waals surface area contributed by atoms with Crippen molar-refractivity contribution < 1.29 is 4.79 Å². The molecule has 3 aromatic rings. The van der Waals surface area contributed by atoms with Gasteiger partial charge < -0.3 is 5.32 Å². The summed E-state index contributed by atoms with van der Waals surface area (Å²) >= 11 is 7.65. The molecule has 0 fully saturated rings. The fraction of sp³-hybridized carbons (Fsp3) is 0.100. The van der Waals surface area contributed by atoms with E-state index in [1.807, 2.05) is 53.9 Å². The predicted molar refractivity (Wildman–Crippen MR) is 105 cm³/mol. The van der Waals surface area contributed by atoms with Gasteiger partial charge in [-0.1, -0.05) is 48.0 Å². The maximum Gasteiger partial charge on any atom is 0.238 e. The average Bonchev–Trinajstić information content (AvgIpc) is 3.17. The maximum absolute atomic E-state index is 12.3. The fourth-order valence-corrected chi connectivity index (χ4v) is 3.62. The Labute approximate surface area is 161 Å². The zero-order valence-electron chi connectivity index (χ0n) is 13.8. The van der Waals surface area contributed by atoms with Crippen LogP contribution in [0.25, 0.3) is 0 Å². The van der Waals surface area contributed by atoms with Gasteiger partial charge in [0, 0.05) is 10.6 Å². The number of hydrogen-bond donors (Lipinski definition) is 2. The molecule has 0 saturated heterocycles. The second-order valence-electron chi connectivity index (χ2n) is 5.59. The molecule has 0 bridgehead atoms. The SMILES string of the molecule is N#Cc1ccc(NC(=O)CN[C@H](c2ccccc2)c2cccs2)cc1Cl. The van der Waals surface area contributed by atoms with Gasteiger partial charge in [0.2, 0.25) is 5.91 Å². The van der Waals surface area contributed by atoms with Gasteiger partial charge in [0.05, 0.1) is 23.2 Å². The summed E-state index contributed by atoms with van der Waals surface area (Å²) in [6.45, 7) is 0.148. The third-order valence-corrected chi connectivity index (χ3v) is 5.05. The molecular formula is C20H16ClN3OS. The second kappa shape index (κ2) is 8.63. The number of hydrogen-bond acceptors (Lipinski definition) is 4. The molecule has 1 amide bonds. The normalized spacial score (nSPS) is 11.5. The smallest absolute Gasteiger partial charge is 0.238 e. The number of amides is 1. The van der Waals surface area contributed by atoms with Crippen molar-refractivity contribution in [3.05, 3.63) is 87.1 Å². The Hall–Kier alpha value is -2.65. The highest BCUT2D eigenvalue weighted by atomic mass is 35.5. The monoisotopic (exact) mass is 381 g/mol. The Balaban J connectivity index is 1.67. The van der Waals surface area contributed by atoms with Gasteiger partial charge in [0.25, 0.3) is 0 Å². The van der Waals surface area contributed by atoms with E-state index < -0.39 is 0 Å². The lowest BCUT2D eigenvalue weighted by molar-refractivity contribution is -0.115. The first-order valence-corrected chi connectivity index (χ1v) is 9.24. The third kappa shape index (κ3) is 4.50. The van der Waals surface area contributed by atoms with E-state index in [1.54, 1.807) is 29.5 Å². The summed E-state index contributed by atoms with van der Waals surface area (Å²) in [6, 6.07) is 20.8. The van der Waals surface area contributed by atoms with Crippen molar-refractivity contribution in [3.8, 4) is 6.07 Å². The van der Waals surface area contributed by atoms with Gasteiger partial charge in [-0.25, -0.2) is 0 Å². The predicted octanol–water partition coefficient (Wildman–Crippen LogP) is 4.59. The molecule has 0 radical (unpaired) electrons. The molecule has 0 aliphatic heterocycles. The largest absolute Gasteiger partial charge is 0.325 e. The van der Waals surface area contributed by atoms with Crippen molar-refractivity contribution in [2.45, 2.75) is 6.04 Å².